The first-order valence-electron chi connectivity index (χ1n) is 9.57. The van der Waals surface area contributed by atoms with E-state index in [0.29, 0.717) is 12.3 Å². The number of aliphatic hydroxyl groups excluding tert-OH is 1. The Labute approximate surface area is 160 Å². The number of nitrogens with zero attached hydrogens (tertiary/aromatic N) is 1. The first kappa shape index (κ1) is 19.7. The minimum absolute atomic E-state index is 0.118. The molecule has 148 valence electrons. The van der Waals surface area contributed by atoms with Crippen LogP contribution in [0.15, 0.2) is 30.3 Å². The van der Waals surface area contributed by atoms with Crippen molar-refractivity contribution in [2.75, 3.05) is 0 Å². The Balaban J connectivity index is 1.60. The van der Waals surface area contributed by atoms with Crippen LogP contribution in [0, 0.1) is 11.8 Å². The van der Waals surface area contributed by atoms with Crippen molar-refractivity contribution >= 4 is 12.1 Å². The molecule has 0 bridgehead atoms. The van der Waals surface area contributed by atoms with Gasteiger partial charge in [-0.25, -0.2) is 4.79 Å². The Hall–Kier alpha value is -2.08. The summed E-state index contributed by atoms with van der Waals surface area (Å²) in [5.74, 6) is -0.790. The number of hydrogen-bond acceptors (Lipinski definition) is 5. The van der Waals surface area contributed by atoms with Crippen LogP contribution in [0.25, 0.3) is 0 Å². The van der Waals surface area contributed by atoms with E-state index in [1.807, 2.05) is 51.1 Å². The molecule has 0 spiro atoms. The molecule has 1 aliphatic carbocycles. The second kappa shape index (κ2) is 7.50. The SMILES string of the molecule is C[C@@H](C(=O)OCc1ccccc1)[C@@H](O)C1CC2CC2N1C(=O)OC(C)(C)C. The highest BCUT2D eigenvalue weighted by Crippen LogP contribution is 2.49. The highest BCUT2D eigenvalue weighted by Gasteiger charge is 2.57. The van der Waals surface area contributed by atoms with Gasteiger partial charge in [0.2, 0.25) is 0 Å². The van der Waals surface area contributed by atoms with Crippen molar-refractivity contribution in [1.29, 1.82) is 0 Å². The number of aliphatic hydroxyl groups is 1. The molecule has 1 aliphatic heterocycles. The van der Waals surface area contributed by atoms with Gasteiger partial charge in [0.05, 0.1) is 18.1 Å². The largest absolute Gasteiger partial charge is 0.461 e. The van der Waals surface area contributed by atoms with E-state index in [2.05, 4.69) is 0 Å². The number of carbonyl (C=O) groups excluding carboxylic acids is 2. The monoisotopic (exact) mass is 375 g/mol. The topological polar surface area (TPSA) is 76.1 Å². The molecule has 3 rings (SSSR count). The van der Waals surface area contributed by atoms with Crippen LogP contribution in [0.1, 0.15) is 46.1 Å². The molecule has 1 saturated carbocycles. The highest BCUT2D eigenvalue weighted by molar-refractivity contribution is 5.74. The predicted molar refractivity (Wildman–Crippen MR) is 99.8 cm³/mol. The summed E-state index contributed by atoms with van der Waals surface area (Å²) in [5, 5.41) is 10.8. The zero-order valence-corrected chi connectivity index (χ0v) is 16.4. The van der Waals surface area contributed by atoms with Gasteiger partial charge in [-0.3, -0.25) is 9.69 Å². The summed E-state index contributed by atoms with van der Waals surface area (Å²) in [6.45, 7) is 7.28. The third-order valence-corrected chi connectivity index (χ3v) is 5.25. The van der Waals surface area contributed by atoms with Crippen LogP contribution in [-0.2, 0) is 20.9 Å². The van der Waals surface area contributed by atoms with Crippen LogP contribution in [0.3, 0.4) is 0 Å². The molecule has 1 N–H and O–H groups in total. The average Bonchev–Trinajstić information content (AvgIpc) is 3.27. The van der Waals surface area contributed by atoms with Gasteiger partial charge in [-0.15, -0.1) is 0 Å². The molecule has 1 saturated heterocycles. The number of hydrogen-bond donors (Lipinski definition) is 1. The van der Waals surface area contributed by atoms with Gasteiger partial charge in [0, 0.05) is 6.04 Å². The van der Waals surface area contributed by atoms with E-state index in [1.165, 1.54) is 0 Å². The maximum atomic E-state index is 12.6. The molecule has 2 aliphatic rings. The lowest BCUT2D eigenvalue weighted by molar-refractivity contribution is -0.154. The first-order chi connectivity index (χ1) is 12.7. The molecule has 6 heteroatoms. The Kier molecular flexibility index (Phi) is 5.47. The van der Waals surface area contributed by atoms with Crippen LogP contribution >= 0.6 is 0 Å². The van der Waals surface area contributed by atoms with Crippen molar-refractivity contribution in [1.82, 2.24) is 4.90 Å². The quantitative estimate of drug-likeness (QED) is 0.800. The highest BCUT2D eigenvalue weighted by atomic mass is 16.6. The Morgan fingerprint density at radius 1 is 1.22 bits per heavy atom. The van der Waals surface area contributed by atoms with Crippen molar-refractivity contribution in [2.24, 2.45) is 11.8 Å². The summed E-state index contributed by atoms with van der Waals surface area (Å²) in [6, 6.07) is 9.12. The zero-order valence-electron chi connectivity index (χ0n) is 16.4. The van der Waals surface area contributed by atoms with Gasteiger partial charge in [0.25, 0.3) is 0 Å². The lowest BCUT2D eigenvalue weighted by atomic mass is 9.95. The lowest BCUT2D eigenvalue weighted by Crippen LogP contribution is -2.50. The van der Waals surface area contributed by atoms with Gasteiger partial charge >= 0.3 is 12.1 Å². The van der Waals surface area contributed by atoms with Gasteiger partial charge in [0.15, 0.2) is 0 Å². The molecule has 1 aromatic carbocycles. The van der Waals surface area contributed by atoms with Crippen molar-refractivity contribution in [3.63, 3.8) is 0 Å². The molecular weight excluding hydrogens is 346 g/mol. The summed E-state index contributed by atoms with van der Waals surface area (Å²) in [6.07, 6.45) is 0.242. The second-order valence-electron chi connectivity index (χ2n) is 8.63. The maximum Gasteiger partial charge on any atom is 0.410 e. The number of piperidine rings is 1. The van der Waals surface area contributed by atoms with Crippen LogP contribution in [0.4, 0.5) is 4.79 Å². The number of carbonyl (C=O) groups is 2. The molecule has 27 heavy (non-hydrogen) atoms. The van der Waals surface area contributed by atoms with E-state index >= 15 is 0 Å². The molecule has 2 fully saturated rings. The number of esters is 1. The lowest BCUT2D eigenvalue weighted by Gasteiger charge is -2.34. The third kappa shape index (κ3) is 4.61. The van der Waals surface area contributed by atoms with Crippen molar-refractivity contribution in [2.45, 2.75) is 70.9 Å². The summed E-state index contributed by atoms with van der Waals surface area (Å²) in [7, 11) is 0. The van der Waals surface area contributed by atoms with Gasteiger partial charge < -0.3 is 14.6 Å². The van der Waals surface area contributed by atoms with E-state index in [1.54, 1.807) is 11.8 Å². The summed E-state index contributed by atoms with van der Waals surface area (Å²) in [5.41, 5.74) is 0.296. The van der Waals surface area contributed by atoms with Gasteiger partial charge in [-0.05, 0) is 52.0 Å². The molecule has 3 unspecified atom stereocenters. The molecule has 1 aromatic rings. The minimum Gasteiger partial charge on any atom is -0.461 e. The fraction of sp³-hybridized carbons (Fsp3) is 0.619. The molecule has 0 aromatic heterocycles. The molecular formula is C21H29NO5. The normalized spacial score (nSPS) is 26.1. The number of rotatable bonds is 5. The molecule has 6 nitrogen and oxygen atoms in total. The molecule has 1 heterocycles. The smallest absolute Gasteiger partial charge is 0.410 e. The molecule has 0 radical (unpaired) electrons. The average molecular weight is 375 g/mol. The van der Waals surface area contributed by atoms with E-state index < -0.39 is 35.7 Å². The second-order valence-corrected chi connectivity index (χ2v) is 8.63. The van der Waals surface area contributed by atoms with Crippen molar-refractivity contribution in [3.8, 4) is 0 Å². The number of ether oxygens (including phenoxy) is 2. The van der Waals surface area contributed by atoms with Gasteiger partial charge in [-0.1, -0.05) is 30.3 Å². The van der Waals surface area contributed by atoms with E-state index in [0.717, 1.165) is 12.0 Å². The van der Waals surface area contributed by atoms with E-state index in [-0.39, 0.29) is 12.6 Å². The van der Waals surface area contributed by atoms with Crippen LogP contribution in [0.2, 0.25) is 0 Å². The zero-order chi connectivity index (χ0) is 19.8. The Morgan fingerprint density at radius 2 is 1.89 bits per heavy atom. The standard InChI is InChI=1S/C21H29NO5/c1-13(19(24)26-12-14-8-6-5-7-9-14)18(23)17-11-15-10-16(15)22(17)20(25)27-21(2,3)4/h5-9,13,15-18,23H,10-12H2,1-4H3/t13-,15?,16?,17?,18-/m1/s1. The fourth-order valence-electron chi connectivity index (χ4n) is 3.72. The summed E-state index contributed by atoms with van der Waals surface area (Å²) < 4.78 is 10.9. The number of amides is 1. The van der Waals surface area contributed by atoms with Crippen molar-refractivity contribution in [3.05, 3.63) is 35.9 Å². The predicted octanol–water partition coefficient (Wildman–Crippen LogP) is 3.12. The molecule has 1 amide bonds. The Bertz CT molecular complexity index is 684. The minimum atomic E-state index is -0.978. The number of likely N-dealkylation sites (tertiary alicyclic amines) is 1. The maximum absolute atomic E-state index is 12.6. The van der Waals surface area contributed by atoms with Crippen LogP contribution in [0.5, 0.6) is 0 Å². The van der Waals surface area contributed by atoms with E-state index in [4.69, 9.17) is 9.47 Å². The van der Waals surface area contributed by atoms with Gasteiger partial charge in [-0.2, -0.15) is 0 Å². The third-order valence-electron chi connectivity index (χ3n) is 5.25. The van der Waals surface area contributed by atoms with Crippen LogP contribution < -0.4 is 0 Å². The number of benzene rings is 1. The van der Waals surface area contributed by atoms with Crippen molar-refractivity contribution < 1.29 is 24.2 Å². The number of fused-ring (bicyclic) bond motifs is 1. The van der Waals surface area contributed by atoms with E-state index in [9.17, 15) is 14.7 Å². The van der Waals surface area contributed by atoms with Gasteiger partial charge in [0.1, 0.15) is 12.2 Å². The molecule has 5 atom stereocenters. The summed E-state index contributed by atoms with van der Waals surface area (Å²) >= 11 is 0. The Morgan fingerprint density at radius 3 is 2.52 bits per heavy atom. The fourth-order valence-corrected chi connectivity index (χ4v) is 3.72. The summed E-state index contributed by atoms with van der Waals surface area (Å²) in [4.78, 5) is 26.6. The first-order valence-corrected chi connectivity index (χ1v) is 9.57. The van der Waals surface area contributed by atoms with Crippen LogP contribution in [-0.4, -0.2) is 45.9 Å².